The third-order valence-corrected chi connectivity index (χ3v) is 5.67. The number of Topliss-reactive ketones (excluding diaryl/α,β-unsaturated/α-hetero) is 1. The molecule has 2 fully saturated rings. The molecule has 3 aromatic rings. The van der Waals surface area contributed by atoms with Gasteiger partial charge in [-0.05, 0) is 19.9 Å². The quantitative estimate of drug-likeness (QED) is 0.558. The molecule has 1 unspecified atom stereocenters. The van der Waals surface area contributed by atoms with Crippen molar-refractivity contribution in [3.05, 3.63) is 48.0 Å². The minimum Gasteiger partial charge on any atom is -0.382 e. The molecule has 11 nitrogen and oxygen atoms in total. The third-order valence-electron chi connectivity index (χ3n) is 5.67. The maximum atomic E-state index is 13.1. The smallest absolute Gasteiger partial charge is 0.249 e. The molecule has 11 heteroatoms. The van der Waals surface area contributed by atoms with E-state index in [0.717, 1.165) is 0 Å². The molecule has 0 saturated carbocycles. The summed E-state index contributed by atoms with van der Waals surface area (Å²) in [7, 11) is 0. The Morgan fingerprint density at radius 3 is 2.56 bits per heavy atom. The van der Waals surface area contributed by atoms with Crippen LogP contribution in [0.25, 0.3) is 11.2 Å². The summed E-state index contributed by atoms with van der Waals surface area (Å²) in [4.78, 5) is 37.4. The van der Waals surface area contributed by atoms with Crippen molar-refractivity contribution in [1.29, 1.82) is 0 Å². The van der Waals surface area contributed by atoms with E-state index in [4.69, 9.17) is 25.7 Å². The van der Waals surface area contributed by atoms with Gasteiger partial charge in [0.2, 0.25) is 5.91 Å². The van der Waals surface area contributed by atoms with E-state index in [0.29, 0.717) is 11.2 Å². The number of nitrogen functional groups attached to an aromatic ring is 1. The molecule has 32 heavy (non-hydrogen) atoms. The van der Waals surface area contributed by atoms with Crippen LogP contribution in [-0.2, 0) is 14.2 Å². The van der Waals surface area contributed by atoms with E-state index in [1.165, 1.54) is 12.4 Å². The van der Waals surface area contributed by atoms with E-state index in [1.807, 2.05) is 0 Å². The van der Waals surface area contributed by atoms with Gasteiger partial charge in [-0.1, -0.05) is 18.2 Å². The van der Waals surface area contributed by atoms with Gasteiger partial charge < -0.3 is 25.7 Å². The number of aromatic nitrogens is 4. The van der Waals surface area contributed by atoms with E-state index in [9.17, 15) is 9.59 Å². The van der Waals surface area contributed by atoms with E-state index in [-0.39, 0.29) is 29.1 Å². The highest BCUT2D eigenvalue weighted by atomic mass is 16.8. The zero-order chi connectivity index (χ0) is 22.6. The second kappa shape index (κ2) is 7.33. The van der Waals surface area contributed by atoms with Gasteiger partial charge in [-0.15, -0.1) is 0 Å². The average molecular weight is 438 g/mol. The summed E-state index contributed by atoms with van der Waals surface area (Å²) in [5, 5.41) is 0. The van der Waals surface area contributed by atoms with Gasteiger partial charge in [0.25, 0.3) is 0 Å². The molecule has 0 spiro atoms. The van der Waals surface area contributed by atoms with Crippen LogP contribution < -0.4 is 11.5 Å². The molecule has 2 aliphatic rings. The Morgan fingerprint density at radius 1 is 1.09 bits per heavy atom. The Morgan fingerprint density at radius 2 is 1.81 bits per heavy atom. The van der Waals surface area contributed by atoms with Crippen molar-refractivity contribution in [2.45, 2.75) is 50.6 Å². The number of amides is 1. The van der Waals surface area contributed by atoms with Crippen LogP contribution in [0.5, 0.6) is 0 Å². The van der Waals surface area contributed by atoms with Gasteiger partial charge >= 0.3 is 0 Å². The number of primary amides is 1. The van der Waals surface area contributed by atoms with Crippen LogP contribution in [0.1, 0.15) is 47.2 Å². The molecular formula is C21H22N6O5. The van der Waals surface area contributed by atoms with Crippen molar-refractivity contribution in [1.82, 2.24) is 19.5 Å². The zero-order valence-electron chi connectivity index (χ0n) is 17.5. The molecule has 0 aliphatic carbocycles. The first-order chi connectivity index (χ1) is 15.2. The summed E-state index contributed by atoms with van der Waals surface area (Å²) in [5.41, 5.74) is 12.7. The number of hydrogen-bond acceptors (Lipinski definition) is 9. The van der Waals surface area contributed by atoms with Gasteiger partial charge in [-0.2, -0.15) is 0 Å². The molecule has 1 amide bonds. The van der Waals surface area contributed by atoms with Crippen molar-refractivity contribution in [3.63, 3.8) is 0 Å². The van der Waals surface area contributed by atoms with Crippen LogP contribution in [0.2, 0.25) is 0 Å². The first-order valence-corrected chi connectivity index (χ1v) is 10.1. The molecular weight excluding hydrogens is 416 g/mol. The Labute approximate surface area is 182 Å². The highest BCUT2D eigenvalue weighted by Crippen LogP contribution is 2.45. The lowest BCUT2D eigenvalue weighted by Gasteiger charge is -2.24. The van der Waals surface area contributed by atoms with Crippen molar-refractivity contribution >= 4 is 28.7 Å². The summed E-state index contributed by atoms with van der Waals surface area (Å²) < 4.78 is 20.1. The predicted molar refractivity (Wildman–Crippen MR) is 111 cm³/mol. The Hall–Kier alpha value is -3.41. The van der Waals surface area contributed by atoms with Gasteiger partial charge in [-0.3, -0.25) is 14.2 Å². The second-order valence-corrected chi connectivity index (χ2v) is 8.25. The maximum Gasteiger partial charge on any atom is 0.249 e. The number of carbonyl (C=O) groups excluding carboxylic acids is 2. The van der Waals surface area contributed by atoms with Gasteiger partial charge in [0, 0.05) is 17.5 Å². The number of benzene rings is 1. The molecule has 5 rings (SSSR count). The predicted octanol–water partition coefficient (Wildman–Crippen LogP) is 1.20. The van der Waals surface area contributed by atoms with Gasteiger partial charge in [0.1, 0.15) is 24.1 Å². The highest BCUT2D eigenvalue weighted by Gasteiger charge is 2.56. The first-order valence-electron chi connectivity index (χ1n) is 10.1. The topological polar surface area (TPSA) is 157 Å². The summed E-state index contributed by atoms with van der Waals surface area (Å²) in [6, 6.07) is 6.44. The van der Waals surface area contributed by atoms with Crippen LogP contribution in [0.4, 0.5) is 5.82 Å². The van der Waals surface area contributed by atoms with E-state index < -0.39 is 36.2 Å². The van der Waals surface area contributed by atoms with Crippen LogP contribution in [0.15, 0.2) is 36.9 Å². The Kier molecular flexibility index (Phi) is 4.69. The van der Waals surface area contributed by atoms with Crippen LogP contribution >= 0.6 is 0 Å². The molecule has 4 N–H and O–H groups in total. The molecule has 0 bridgehead atoms. The molecule has 2 aliphatic heterocycles. The Bertz CT molecular complexity index is 1220. The number of anilines is 1. The molecule has 166 valence electrons. The Balaban J connectivity index is 1.47. The van der Waals surface area contributed by atoms with Crippen molar-refractivity contribution in [2.75, 3.05) is 5.73 Å². The molecule has 2 saturated heterocycles. The number of nitrogens with zero attached hydrogens (tertiary/aromatic N) is 4. The number of nitrogens with two attached hydrogens (primary N) is 2. The summed E-state index contributed by atoms with van der Waals surface area (Å²) >= 11 is 0. The normalized spacial score (nSPS) is 26.3. The summed E-state index contributed by atoms with van der Waals surface area (Å²) in [6.07, 6.45) is 0.574. The van der Waals surface area contributed by atoms with Crippen LogP contribution in [0.3, 0.4) is 0 Å². The number of rotatable bonds is 5. The second-order valence-electron chi connectivity index (χ2n) is 8.25. The number of ketones is 1. The van der Waals surface area contributed by atoms with Crippen LogP contribution in [0, 0.1) is 0 Å². The van der Waals surface area contributed by atoms with Crippen molar-refractivity contribution in [2.24, 2.45) is 5.73 Å². The maximum absolute atomic E-state index is 13.1. The molecule has 4 heterocycles. The van der Waals surface area contributed by atoms with Crippen molar-refractivity contribution < 1.29 is 23.8 Å². The largest absolute Gasteiger partial charge is 0.382 e. The van der Waals surface area contributed by atoms with Crippen LogP contribution in [-0.4, -0.2) is 55.3 Å². The average Bonchev–Trinajstić information content (AvgIpc) is 3.40. The molecule has 2 aromatic heterocycles. The number of hydrogen-bond donors (Lipinski definition) is 2. The monoisotopic (exact) mass is 438 g/mol. The van der Waals surface area contributed by atoms with Gasteiger partial charge in [0.05, 0.1) is 12.4 Å². The minimum atomic E-state index is -0.867. The van der Waals surface area contributed by atoms with E-state index >= 15 is 0 Å². The molecule has 0 radical (unpaired) electrons. The SMILES string of the molecule is CC1(C)OC2[C@@H](CC(=O)c3ccccc3C(N)=O)O[C@@H](n3cnc4c(N)ncnc43)[C@H]2O1. The lowest BCUT2D eigenvalue weighted by atomic mass is 9.97. The molecule has 1 aromatic carbocycles. The van der Waals surface area contributed by atoms with E-state index in [2.05, 4.69) is 15.0 Å². The standard InChI is InChI=1S/C21H22N6O5/c1-21(2)31-15-13(7-12(28)10-5-3-4-6-11(10)18(23)29)30-20(16(15)32-21)27-9-26-14-17(22)24-8-25-19(14)27/h3-6,8-9,13,15-16,20H,7H2,1-2H3,(H2,23,29)(H2,22,24,25)/t13-,15?,16+,20-/m1/s1. The van der Waals surface area contributed by atoms with E-state index in [1.54, 1.807) is 42.9 Å². The third kappa shape index (κ3) is 3.30. The number of imidazole rings is 1. The summed E-state index contributed by atoms with van der Waals surface area (Å²) in [6.45, 7) is 3.60. The van der Waals surface area contributed by atoms with Gasteiger partial charge in [0.15, 0.2) is 29.3 Å². The number of fused-ring (bicyclic) bond motifs is 2. The first kappa shape index (κ1) is 20.5. The lowest BCUT2D eigenvalue weighted by Crippen LogP contribution is -2.31. The van der Waals surface area contributed by atoms with Gasteiger partial charge in [-0.25, -0.2) is 15.0 Å². The fourth-order valence-electron chi connectivity index (χ4n) is 4.34. The van der Waals surface area contributed by atoms with Crippen molar-refractivity contribution in [3.8, 4) is 0 Å². The zero-order valence-corrected chi connectivity index (χ0v) is 17.5. The minimum absolute atomic E-state index is 0.0227. The fourth-order valence-corrected chi connectivity index (χ4v) is 4.34. The summed E-state index contributed by atoms with van der Waals surface area (Å²) in [5.74, 6) is -1.56. The lowest BCUT2D eigenvalue weighted by molar-refractivity contribution is -0.195. The number of ether oxygens (including phenoxy) is 3. The highest BCUT2D eigenvalue weighted by molar-refractivity contribution is 6.07. The number of carbonyl (C=O) groups is 2. The molecule has 4 atom stereocenters. The fraction of sp³-hybridized carbons (Fsp3) is 0.381.